The molecule has 0 bridgehead atoms. The number of aryl methyl sites for hydroxylation is 1. The highest BCUT2D eigenvalue weighted by atomic mass is 35.5. The first-order chi connectivity index (χ1) is 12.0. The fourth-order valence-electron chi connectivity index (χ4n) is 2.15. The summed E-state index contributed by atoms with van der Waals surface area (Å²) >= 11 is 11.9. The zero-order valence-electron chi connectivity index (χ0n) is 13.3. The summed E-state index contributed by atoms with van der Waals surface area (Å²) in [4.78, 5) is 12.5. The molecule has 0 aliphatic heterocycles. The molecule has 0 atom stereocenters. The number of halogens is 2. The number of nitrogens with zero attached hydrogens (tertiary/aromatic N) is 3. The van der Waals surface area contributed by atoms with Crippen molar-refractivity contribution in [2.75, 3.05) is 11.1 Å². The van der Waals surface area contributed by atoms with Gasteiger partial charge in [0.2, 0.25) is 11.9 Å². The molecular weight excluding hydrogens is 361 g/mol. The molecule has 0 fully saturated rings. The van der Waals surface area contributed by atoms with Gasteiger partial charge in [0.1, 0.15) is 12.4 Å². The van der Waals surface area contributed by atoms with Gasteiger partial charge in [0.05, 0.1) is 0 Å². The summed E-state index contributed by atoms with van der Waals surface area (Å²) in [5, 5.41) is 4.10. The predicted molar refractivity (Wildman–Crippen MR) is 99.5 cm³/mol. The van der Waals surface area contributed by atoms with Crippen molar-refractivity contribution in [2.45, 2.75) is 13.5 Å². The monoisotopic (exact) mass is 375 g/mol. The van der Waals surface area contributed by atoms with Crippen LogP contribution in [0.5, 0.6) is 5.75 Å². The van der Waals surface area contributed by atoms with Crippen LogP contribution in [0, 0.1) is 6.92 Å². The lowest BCUT2D eigenvalue weighted by atomic mass is 10.2. The predicted octanol–water partition coefficient (Wildman–Crippen LogP) is 4.39. The topological polar surface area (TPSA) is 86.0 Å². The van der Waals surface area contributed by atoms with E-state index in [1.54, 1.807) is 18.2 Å². The maximum absolute atomic E-state index is 5.95. The van der Waals surface area contributed by atoms with Crippen LogP contribution in [0.25, 0.3) is 0 Å². The van der Waals surface area contributed by atoms with Crippen LogP contribution >= 0.6 is 23.2 Å². The summed E-state index contributed by atoms with van der Waals surface area (Å²) in [6, 6.07) is 12.7. The van der Waals surface area contributed by atoms with E-state index in [9.17, 15) is 0 Å². The van der Waals surface area contributed by atoms with Crippen LogP contribution in [0.3, 0.4) is 0 Å². The number of para-hydroxylation sites is 1. The van der Waals surface area contributed by atoms with Gasteiger partial charge in [-0.15, -0.1) is 0 Å². The van der Waals surface area contributed by atoms with E-state index in [2.05, 4.69) is 20.3 Å². The molecule has 1 heterocycles. The molecule has 3 rings (SSSR count). The lowest BCUT2D eigenvalue weighted by molar-refractivity contribution is 0.296. The van der Waals surface area contributed by atoms with Gasteiger partial charge in [0, 0.05) is 15.7 Å². The van der Waals surface area contributed by atoms with Gasteiger partial charge in [0.15, 0.2) is 5.82 Å². The molecule has 0 unspecified atom stereocenters. The number of ether oxygens (including phenoxy) is 1. The Morgan fingerprint density at radius 1 is 1.04 bits per heavy atom. The molecule has 6 nitrogen and oxygen atoms in total. The van der Waals surface area contributed by atoms with E-state index in [-0.39, 0.29) is 12.6 Å². The number of nitrogens with two attached hydrogens (primary N) is 1. The summed E-state index contributed by atoms with van der Waals surface area (Å²) in [5.74, 6) is 1.36. The Morgan fingerprint density at radius 2 is 1.76 bits per heavy atom. The highest BCUT2D eigenvalue weighted by molar-refractivity contribution is 6.34. The Bertz CT molecular complexity index is 884. The minimum absolute atomic E-state index is 0.103. The van der Waals surface area contributed by atoms with Crippen LogP contribution in [0.4, 0.5) is 17.6 Å². The number of aromatic nitrogens is 3. The van der Waals surface area contributed by atoms with Crippen LogP contribution in [0.1, 0.15) is 11.4 Å². The zero-order chi connectivity index (χ0) is 17.8. The van der Waals surface area contributed by atoms with Crippen LogP contribution in [-0.4, -0.2) is 15.0 Å². The van der Waals surface area contributed by atoms with E-state index >= 15 is 0 Å². The summed E-state index contributed by atoms with van der Waals surface area (Å²) in [6.45, 7) is 2.09. The molecule has 0 amide bonds. The highest BCUT2D eigenvalue weighted by Gasteiger charge is 2.08. The Hall–Kier alpha value is -2.57. The molecule has 128 valence electrons. The molecule has 0 saturated heterocycles. The van der Waals surface area contributed by atoms with Crippen LogP contribution in [0.15, 0.2) is 42.5 Å². The third-order valence-electron chi connectivity index (χ3n) is 3.29. The van der Waals surface area contributed by atoms with E-state index in [0.717, 1.165) is 11.3 Å². The molecule has 0 radical (unpaired) electrons. The van der Waals surface area contributed by atoms with Gasteiger partial charge in [-0.05, 0) is 36.8 Å². The second-order valence-corrected chi connectivity index (χ2v) is 6.14. The quantitative estimate of drug-likeness (QED) is 0.687. The summed E-state index contributed by atoms with van der Waals surface area (Å²) in [7, 11) is 0. The molecule has 2 aromatic carbocycles. The van der Waals surface area contributed by atoms with Gasteiger partial charge >= 0.3 is 0 Å². The van der Waals surface area contributed by atoms with Gasteiger partial charge in [-0.3, -0.25) is 0 Å². The van der Waals surface area contributed by atoms with Gasteiger partial charge in [-0.25, -0.2) is 0 Å². The van der Waals surface area contributed by atoms with Gasteiger partial charge < -0.3 is 15.8 Å². The van der Waals surface area contributed by atoms with Crippen molar-refractivity contribution in [3.63, 3.8) is 0 Å². The van der Waals surface area contributed by atoms with Gasteiger partial charge in [-0.1, -0.05) is 41.4 Å². The molecule has 3 N–H and O–H groups in total. The maximum atomic E-state index is 5.95. The number of nitrogen functional groups attached to an aromatic ring is 1. The van der Waals surface area contributed by atoms with Crippen molar-refractivity contribution >= 4 is 40.8 Å². The molecule has 0 saturated carbocycles. The number of hydrogen-bond acceptors (Lipinski definition) is 6. The number of nitrogens with one attached hydrogen (secondary N) is 1. The SMILES string of the molecule is Cc1ccccc1Nc1nc(N)nc(COc2cc(Cl)cc(Cl)c2)n1. The van der Waals surface area contributed by atoms with Crippen molar-refractivity contribution in [3.05, 3.63) is 63.9 Å². The van der Waals surface area contributed by atoms with E-state index in [1.807, 2.05) is 31.2 Å². The summed E-state index contributed by atoms with van der Waals surface area (Å²) < 4.78 is 5.63. The average molecular weight is 376 g/mol. The maximum Gasteiger partial charge on any atom is 0.232 e. The number of anilines is 3. The van der Waals surface area contributed by atoms with Gasteiger partial charge in [0.25, 0.3) is 0 Å². The molecule has 1 aromatic heterocycles. The van der Waals surface area contributed by atoms with Crippen molar-refractivity contribution in [1.29, 1.82) is 0 Å². The van der Waals surface area contributed by atoms with E-state index in [4.69, 9.17) is 33.7 Å². The van der Waals surface area contributed by atoms with E-state index in [1.165, 1.54) is 0 Å². The Labute approximate surface area is 155 Å². The van der Waals surface area contributed by atoms with Crippen molar-refractivity contribution in [3.8, 4) is 5.75 Å². The summed E-state index contributed by atoms with van der Waals surface area (Å²) in [6.07, 6.45) is 0. The fraction of sp³-hybridized carbons (Fsp3) is 0.118. The highest BCUT2D eigenvalue weighted by Crippen LogP contribution is 2.25. The van der Waals surface area contributed by atoms with Crippen LogP contribution in [-0.2, 0) is 6.61 Å². The van der Waals surface area contributed by atoms with E-state index < -0.39 is 0 Å². The van der Waals surface area contributed by atoms with Crippen molar-refractivity contribution in [2.24, 2.45) is 0 Å². The average Bonchev–Trinajstić information content (AvgIpc) is 2.54. The van der Waals surface area contributed by atoms with E-state index in [0.29, 0.717) is 27.6 Å². The van der Waals surface area contributed by atoms with Gasteiger partial charge in [-0.2, -0.15) is 15.0 Å². The molecule has 0 aliphatic carbocycles. The minimum atomic E-state index is 0.103. The third kappa shape index (κ3) is 4.71. The molecule has 0 spiro atoms. The first kappa shape index (κ1) is 17.3. The zero-order valence-corrected chi connectivity index (χ0v) is 14.8. The number of rotatable bonds is 5. The largest absolute Gasteiger partial charge is 0.486 e. The number of benzene rings is 2. The molecular formula is C17H15Cl2N5O. The Balaban J connectivity index is 1.76. The lowest BCUT2D eigenvalue weighted by Gasteiger charge is -2.10. The molecule has 3 aromatic rings. The summed E-state index contributed by atoms with van der Waals surface area (Å²) in [5.41, 5.74) is 7.72. The smallest absolute Gasteiger partial charge is 0.232 e. The first-order valence-electron chi connectivity index (χ1n) is 7.41. The first-order valence-corrected chi connectivity index (χ1v) is 8.17. The Kier molecular flexibility index (Phi) is 5.21. The van der Waals surface area contributed by atoms with Crippen LogP contribution in [0.2, 0.25) is 10.0 Å². The van der Waals surface area contributed by atoms with Crippen molar-refractivity contribution < 1.29 is 4.74 Å². The van der Waals surface area contributed by atoms with Crippen molar-refractivity contribution in [1.82, 2.24) is 15.0 Å². The third-order valence-corrected chi connectivity index (χ3v) is 3.73. The second kappa shape index (κ2) is 7.55. The minimum Gasteiger partial charge on any atom is -0.486 e. The molecule has 25 heavy (non-hydrogen) atoms. The molecule has 8 heteroatoms. The standard InChI is InChI=1S/C17H15Cl2N5O/c1-10-4-2-3-5-14(10)21-17-23-15(22-16(20)24-17)9-25-13-7-11(18)6-12(19)8-13/h2-8H,9H2,1H3,(H3,20,21,22,23,24). The second-order valence-electron chi connectivity index (χ2n) is 5.27. The van der Waals surface area contributed by atoms with Crippen LogP contribution < -0.4 is 15.8 Å². The fourth-order valence-corrected chi connectivity index (χ4v) is 2.66. The lowest BCUT2D eigenvalue weighted by Crippen LogP contribution is -2.09. The number of hydrogen-bond donors (Lipinski definition) is 2. The Morgan fingerprint density at radius 3 is 2.48 bits per heavy atom. The molecule has 0 aliphatic rings. The normalized spacial score (nSPS) is 10.5.